The van der Waals surface area contributed by atoms with E-state index >= 15 is 0 Å². The van der Waals surface area contributed by atoms with Crippen LogP contribution in [0, 0.1) is 0 Å². The topological polar surface area (TPSA) is 59.1 Å². The molecular formula is C8H12N2O. The second kappa shape index (κ2) is 2.51. The number of pyridine rings is 1. The summed E-state index contributed by atoms with van der Waals surface area (Å²) in [5, 5.41) is 9.55. The zero-order valence-electron chi connectivity index (χ0n) is 6.70. The van der Waals surface area contributed by atoms with Crippen molar-refractivity contribution in [2.45, 2.75) is 19.4 Å². The lowest BCUT2D eigenvalue weighted by molar-refractivity contribution is 0.0790. The highest BCUT2D eigenvalue weighted by atomic mass is 16.3. The van der Waals surface area contributed by atoms with Gasteiger partial charge in [-0.2, -0.15) is 0 Å². The molecule has 0 aromatic carbocycles. The molecule has 0 saturated carbocycles. The zero-order chi connectivity index (χ0) is 8.48. The molecule has 0 aliphatic heterocycles. The first-order chi connectivity index (χ1) is 5.02. The maximum Gasteiger partial charge on any atom is 0.0875 e. The van der Waals surface area contributed by atoms with Gasteiger partial charge in [0.05, 0.1) is 5.60 Å². The third kappa shape index (κ3) is 1.68. The summed E-state index contributed by atoms with van der Waals surface area (Å²) in [4.78, 5) is 3.87. The van der Waals surface area contributed by atoms with Crippen LogP contribution >= 0.6 is 0 Å². The molecule has 0 aliphatic carbocycles. The first-order valence-corrected chi connectivity index (χ1v) is 3.44. The van der Waals surface area contributed by atoms with Crippen molar-refractivity contribution in [1.82, 2.24) is 4.98 Å². The lowest BCUT2D eigenvalue weighted by atomic mass is 9.99. The number of nitrogen functional groups attached to an aromatic ring is 1. The molecule has 1 rings (SSSR count). The molecule has 0 amide bonds. The van der Waals surface area contributed by atoms with Gasteiger partial charge in [-0.3, -0.25) is 4.98 Å². The van der Waals surface area contributed by atoms with Crippen molar-refractivity contribution in [3.63, 3.8) is 0 Å². The smallest absolute Gasteiger partial charge is 0.0875 e. The van der Waals surface area contributed by atoms with Crippen LogP contribution in [0.5, 0.6) is 0 Å². The van der Waals surface area contributed by atoms with Gasteiger partial charge in [0.15, 0.2) is 0 Å². The molecule has 0 bridgehead atoms. The zero-order valence-corrected chi connectivity index (χ0v) is 6.70. The van der Waals surface area contributed by atoms with E-state index in [0.717, 1.165) is 0 Å². The van der Waals surface area contributed by atoms with Gasteiger partial charge in [-0.05, 0) is 19.9 Å². The minimum Gasteiger partial charge on any atom is -0.398 e. The summed E-state index contributed by atoms with van der Waals surface area (Å²) in [6.45, 7) is 3.36. The highest BCUT2D eigenvalue weighted by Gasteiger charge is 2.18. The maximum atomic E-state index is 9.55. The molecule has 3 heteroatoms. The van der Waals surface area contributed by atoms with Gasteiger partial charge in [0.2, 0.25) is 0 Å². The minimum absolute atomic E-state index is 0.576. The third-order valence-corrected chi connectivity index (χ3v) is 1.51. The molecule has 60 valence electrons. The van der Waals surface area contributed by atoms with Crippen molar-refractivity contribution in [3.8, 4) is 0 Å². The highest BCUT2D eigenvalue weighted by molar-refractivity contribution is 5.47. The summed E-state index contributed by atoms with van der Waals surface area (Å²) in [5.41, 5.74) is 5.95. The van der Waals surface area contributed by atoms with Crippen LogP contribution in [0.4, 0.5) is 5.69 Å². The highest BCUT2D eigenvalue weighted by Crippen LogP contribution is 2.23. The lowest BCUT2D eigenvalue weighted by Gasteiger charge is -2.18. The molecule has 3 nitrogen and oxygen atoms in total. The molecule has 0 aliphatic rings. The molecule has 1 aromatic rings. The average Bonchev–Trinajstić information content (AvgIpc) is 1.86. The van der Waals surface area contributed by atoms with Crippen molar-refractivity contribution in [1.29, 1.82) is 0 Å². The lowest BCUT2D eigenvalue weighted by Crippen LogP contribution is -2.17. The van der Waals surface area contributed by atoms with E-state index in [-0.39, 0.29) is 0 Å². The van der Waals surface area contributed by atoms with Crippen LogP contribution in [0.25, 0.3) is 0 Å². The van der Waals surface area contributed by atoms with Crippen molar-refractivity contribution < 1.29 is 5.11 Å². The summed E-state index contributed by atoms with van der Waals surface area (Å²) < 4.78 is 0. The van der Waals surface area contributed by atoms with E-state index in [0.29, 0.717) is 11.3 Å². The number of aliphatic hydroxyl groups is 1. The van der Waals surface area contributed by atoms with Crippen LogP contribution in [-0.4, -0.2) is 10.1 Å². The van der Waals surface area contributed by atoms with Gasteiger partial charge < -0.3 is 10.8 Å². The van der Waals surface area contributed by atoms with Gasteiger partial charge in [0, 0.05) is 23.6 Å². The second-order valence-corrected chi connectivity index (χ2v) is 3.02. The van der Waals surface area contributed by atoms with Crippen LogP contribution in [-0.2, 0) is 5.60 Å². The van der Waals surface area contributed by atoms with Gasteiger partial charge >= 0.3 is 0 Å². The molecule has 0 unspecified atom stereocenters. The Morgan fingerprint density at radius 2 is 2.18 bits per heavy atom. The molecule has 1 heterocycles. The second-order valence-electron chi connectivity index (χ2n) is 3.02. The Morgan fingerprint density at radius 3 is 2.55 bits per heavy atom. The molecule has 1 aromatic heterocycles. The van der Waals surface area contributed by atoms with Crippen LogP contribution in [0.1, 0.15) is 19.4 Å². The van der Waals surface area contributed by atoms with Gasteiger partial charge in [-0.1, -0.05) is 0 Å². The van der Waals surface area contributed by atoms with Crippen LogP contribution in [0.2, 0.25) is 0 Å². The van der Waals surface area contributed by atoms with Gasteiger partial charge in [-0.15, -0.1) is 0 Å². The van der Waals surface area contributed by atoms with Crippen LogP contribution in [0.15, 0.2) is 18.5 Å². The predicted molar refractivity (Wildman–Crippen MR) is 43.9 cm³/mol. The van der Waals surface area contributed by atoms with E-state index in [1.54, 1.807) is 32.3 Å². The van der Waals surface area contributed by atoms with Gasteiger partial charge in [-0.25, -0.2) is 0 Å². The van der Waals surface area contributed by atoms with Crippen LogP contribution in [0.3, 0.4) is 0 Å². The van der Waals surface area contributed by atoms with Crippen LogP contribution < -0.4 is 5.73 Å². The SMILES string of the molecule is CC(C)(O)c1cnccc1N. The van der Waals surface area contributed by atoms with E-state index in [4.69, 9.17) is 5.73 Å². The Labute approximate surface area is 65.9 Å². The standard InChI is InChI=1S/C8H12N2O/c1-8(2,11)6-5-10-4-3-7(6)9/h3-5,11H,1-2H3,(H2,9,10). The van der Waals surface area contributed by atoms with E-state index in [1.807, 2.05) is 0 Å². The third-order valence-electron chi connectivity index (χ3n) is 1.51. The van der Waals surface area contributed by atoms with Gasteiger partial charge in [0.1, 0.15) is 0 Å². The molecule has 0 atom stereocenters. The van der Waals surface area contributed by atoms with E-state index in [2.05, 4.69) is 4.98 Å². The first kappa shape index (κ1) is 8.01. The predicted octanol–water partition coefficient (Wildman–Crippen LogP) is 0.891. The molecule has 3 N–H and O–H groups in total. The molecule has 0 fully saturated rings. The number of nitrogens with zero attached hydrogens (tertiary/aromatic N) is 1. The fourth-order valence-electron chi connectivity index (χ4n) is 0.916. The number of rotatable bonds is 1. The Balaban J connectivity index is 3.14. The first-order valence-electron chi connectivity index (χ1n) is 3.44. The fraction of sp³-hybridized carbons (Fsp3) is 0.375. The summed E-state index contributed by atoms with van der Waals surface area (Å²) in [7, 11) is 0. The quantitative estimate of drug-likeness (QED) is 0.628. The Morgan fingerprint density at radius 1 is 1.55 bits per heavy atom. The summed E-state index contributed by atoms with van der Waals surface area (Å²) in [6.07, 6.45) is 3.18. The van der Waals surface area contributed by atoms with Crippen molar-refractivity contribution in [2.75, 3.05) is 5.73 Å². The number of aromatic nitrogens is 1. The average molecular weight is 152 g/mol. The molecule has 0 radical (unpaired) electrons. The Kier molecular flexibility index (Phi) is 1.83. The van der Waals surface area contributed by atoms with Crippen molar-refractivity contribution >= 4 is 5.69 Å². The number of hydrogen-bond acceptors (Lipinski definition) is 3. The molecule has 0 spiro atoms. The maximum absolute atomic E-state index is 9.55. The number of hydrogen-bond donors (Lipinski definition) is 2. The normalized spacial score (nSPS) is 11.5. The summed E-state index contributed by atoms with van der Waals surface area (Å²) in [5.74, 6) is 0. The van der Waals surface area contributed by atoms with E-state index < -0.39 is 5.60 Å². The largest absolute Gasteiger partial charge is 0.398 e. The molecular weight excluding hydrogens is 140 g/mol. The van der Waals surface area contributed by atoms with Gasteiger partial charge in [0.25, 0.3) is 0 Å². The minimum atomic E-state index is -0.904. The molecule has 11 heavy (non-hydrogen) atoms. The summed E-state index contributed by atoms with van der Waals surface area (Å²) in [6, 6.07) is 1.67. The van der Waals surface area contributed by atoms with E-state index in [9.17, 15) is 5.11 Å². The van der Waals surface area contributed by atoms with Crippen molar-refractivity contribution in [3.05, 3.63) is 24.0 Å². The monoisotopic (exact) mass is 152 g/mol. The Hall–Kier alpha value is -1.09. The fourth-order valence-corrected chi connectivity index (χ4v) is 0.916. The molecule has 0 saturated heterocycles. The Bertz CT molecular complexity index is 253. The number of nitrogens with two attached hydrogens (primary N) is 1. The van der Waals surface area contributed by atoms with Crippen molar-refractivity contribution in [2.24, 2.45) is 0 Å². The summed E-state index contributed by atoms with van der Waals surface area (Å²) >= 11 is 0. The van der Waals surface area contributed by atoms with E-state index in [1.165, 1.54) is 0 Å². The number of anilines is 1.